The molecule has 0 aliphatic heterocycles. The predicted molar refractivity (Wildman–Crippen MR) is 86.2 cm³/mol. The Morgan fingerprint density at radius 2 is 1.96 bits per heavy atom. The summed E-state index contributed by atoms with van der Waals surface area (Å²) in [5.41, 5.74) is 0.656. The lowest BCUT2D eigenvalue weighted by atomic mass is 10.3. The van der Waals surface area contributed by atoms with E-state index >= 15 is 0 Å². The van der Waals surface area contributed by atoms with E-state index in [1.165, 1.54) is 0 Å². The Labute approximate surface area is 138 Å². The zero-order valence-corrected chi connectivity index (χ0v) is 13.0. The van der Waals surface area contributed by atoms with Gasteiger partial charge in [0, 0.05) is 29.8 Å². The van der Waals surface area contributed by atoms with Crippen LogP contribution in [0.2, 0.25) is 5.02 Å². The first-order valence-corrected chi connectivity index (χ1v) is 7.44. The van der Waals surface area contributed by atoms with Crippen LogP contribution >= 0.6 is 11.6 Å². The molecule has 1 atom stereocenters. The smallest absolute Gasteiger partial charge is 0.160 e. The molecule has 118 valence electrons. The highest BCUT2D eigenvalue weighted by atomic mass is 35.5. The monoisotopic (exact) mass is 330 g/mol. The first-order valence-electron chi connectivity index (χ1n) is 7.06. The summed E-state index contributed by atoms with van der Waals surface area (Å²) in [5, 5.41) is 10.8. The van der Waals surface area contributed by atoms with Gasteiger partial charge in [0.1, 0.15) is 24.2 Å². The summed E-state index contributed by atoms with van der Waals surface area (Å²) in [7, 11) is 0. The van der Waals surface area contributed by atoms with Gasteiger partial charge < -0.3 is 14.4 Å². The van der Waals surface area contributed by atoms with Crippen LogP contribution in [0.4, 0.5) is 0 Å². The lowest BCUT2D eigenvalue weighted by Gasteiger charge is -2.14. The summed E-state index contributed by atoms with van der Waals surface area (Å²) >= 11 is 5.82. The Morgan fingerprint density at radius 1 is 1.13 bits per heavy atom. The fourth-order valence-electron chi connectivity index (χ4n) is 2.11. The van der Waals surface area contributed by atoms with E-state index < -0.39 is 6.10 Å². The normalized spacial score (nSPS) is 12.1. The topological polar surface area (TPSA) is 73.1 Å². The molecule has 6 nitrogen and oxygen atoms in total. The molecule has 2 aromatic heterocycles. The number of aromatic nitrogens is 4. The Kier molecular flexibility index (Phi) is 4.85. The minimum Gasteiger partial charge on any atom is -0.491 e. The second-order valence-electron chi connectivity index (χ2n) is 4.91. The van der Waals surface area contributed by atoms with E-state index in [0.717, 1.165) is 0 Å². The summed E-state index contributed by atoms with van der Waals surface area (Å²) < 4.78 is 7.37. The molecule has 0 spiro atoms. The Hall–Kier alpha value is -2.44. The van der Waals surface area contributed by atoms with Gasteiger partial charge in [0.05, 0.1) is 12.7 Å². The molecule has 0 amide bonds. The van der Waals surface area contributed by atoms with Crippen LogP contribution in [-0.4, -0.2) is 37.3 Å². The van der Waals surface area contributed by atoms with Crippen molar-refractivity contribution in [3.63, 3.8) is 0 Å². The fraction of sp³-hybridized carbons (Fsp3) is 0.188. The highest BCUT2D eigenvalue weighted by molar-refractivity contribution is 6.30. The highest BCUT2D eigenvalue weighted by Gasteiger charge is 2.12. The molecule has 0 saturated carbocycles. The van der Waals surface area contributed by atoms with Crippen LogP contribution in [0.1, 0.15) is 0 Å². The van der Waals surface area contributed by atoms with Crippen LogP contribution in [0.3, 0.4) is 0 Å². The SMILES string of the molecule is OC(COc1ccc(Cl)cc1)Cn1ccnc1-c1cnccn1. The van der Waals surface area contributed by atoms with E-state index in [0.29, 0.717) is 28.8 Å². The summed E-state index contributed by atoms with van der Waals surface area (Å²) in [5.74, 6) is 1.32. The second kappa shape index (κ2) is 7.21. The average Bonchev–Trinajstić information content (AvgIpc) is 3.03. The van der Waals surface area contributed by atoms with Crippen LogP contribution < -0.4 is 4.74 Å². The van der Waals surface area contributed by atoms with Crippen LogP contribution in [0, 0.1) is 0 Å². The fourth-order valence-corrected chi connectivity index (χ4v) is 2.23. The van der Waals surface area contributed by atoms with Gasteiger partial charge in [-0.2, -0.15) is 0 Å². The quantitative estimate of drug-likeness (QED) is 0.751. The number of nitrogens with zero attached hydrogens (tertiary/aromatic N) is 4. The Balaban J connectivity index is 1.61. The molecule has 23 heavy (non-hydrogen) atoms. The number of benzene rings is 1. The third-order valence-electron chi connectivity index (χ3n) is 3.17. The van der Waals surface area contributed by atoms with Gasteiger partial charge in [-0.15, -0.1) is 0 Å². The lowest BCUT2D eigenvalue weighted by molar-refractivity contribution is 0.0928. The molecule has 2 heterocycles. The minimum absolute atomic E-state index is 0.166. The number of rotatable bonds is 6. The largest absolute Gasteiger partial charge is 0.491 e. The number of halogens is 1. The van der Waals surface area contributed by atoms with Gasteiger partial charge in [0.2, 0.25) is 0 Å². The molecular weight excluding hydrogens is 316 g/mol. The van der Waals surface area contributed by atoms with E-state index in [9.17, 15) is 5.11 Å². The molecule has 3 aromatic rings. The van der Waals surface area contributed by atoms with E-state index in [-0.39, 0.29) is 6.61 Å². The van der Waals surface area contributed by atoms with Gasteiger partial charge in [0.15, 0.2) is 5.82 Å². The Morgan fingerprint density at radius 3 is 2.70 bits per heavy atom. The van der Waals surface area contributed by atoms with Crippen molar-refractivity contribution in [2.75, 3.05) is 6.61 Å². The number of hydrogen-bond acceptors (Lipinski definition) is 5. The van der Waals surface area contributed by atoms with Crippen LogP contribution in [0.25, 0.3) is 11.5 Å². The maximum atomic E-state index is 10.2. The standard InChI is InChI=1S/C16H15ClN4O2/c17-12-1-3-14(4-2-12)23-11-13(22)10-21-8-7-20-16(21)15-9-18-5-6-19-15/h1-9,13,22H,10-11H2. The van der Waals surface area contributed by atoms with Gasteiger partial charge in [-0.1, -0.05) is 11.6 Å². The lowest BCUT2D eigenvalue weighted by Crippen LogP contribution is -2.23. The summed E-state index contributed by atoms with van der Waals surface area (Å²) in [6.45, 7) is 0.513. The van der Waals surface area contributed by atoms with E-state index in [4.69, 9.17) is 16.3 Å². The molecule has 0 saturated heterocycles. The average molecular weight is 331 g/mol. The van der Waals surface area contributed by atoms with Crippen molar-refractivity contribution in [3.8, 4) is 17.3 Å². The number of aliphatic hydroxyl groups excluding tert-OH is 1. The van der Waals surface area contributed by atoms with Gasteiger partial charge in [-0.3, -0.25) is 4.98 Å². The van der Waals surface area contributed by atoms with Crippen LogP contribution in [0.5, 0.6) is 5.75 Å². The molecule has 1 aromatic carbocycles. The van der Waals surface area contributed by atoms with Gasteiger partial charge in [-0.05, 0) is 24.3 Å². The molecule has 0 radical (unpaired) electrons. The van der Waals surface area contributed by atoms with Crippen molar-refractivity contribution in [1.82, 2.24) is 19.5 Å². The van der Waals surface area contributed by atoms with Gasteiger partial charge in [0.25, 0.3) is 0 Å². The van der Waals surface area contributed by atoms with Crippen LogP contribution in [0.15, 0.2) is 55.2 Å². The molecular formula is C16H15ClN4O2. The molecule has 3 rings (SSSR count). The summed E-state index contributed by atoms with van der Waals surface area (Å²) in [4.78, 5) is 12.5. The molecule has 0 bridgehead atoms. The number of ether oxygens (including phenoxy) is 1. The Bertz CT molecular complexity index is 746. The molecule has 1 N–H and O–H groups in total. The second-order valence-corrected chi connectivity index (χ2v) is 5.35. The molecule has 0 aliphatic rings. The zero-order chi connectivity index (χ0) is 16.1. The van der Waals surface area contributed by atoms with Crippen molar-refractivity contribution in [3.05, 3.63) is 60.3 Å². The third-order valence-corrected chi connectivity index (χ3v) is 3.42. The van der Waals surface area contributed by atoms with Crippen LogP contribution in [-0.2, 0) is 6.54 Å². The molecule has 0 aliphatic carbocycles. The van der Waals surface area contributed by atoms with E-state index in [1.54, 1.807) is 55.2 Å². The third kappa shape index (κ3) is 4.06. The maximum Gasteiger partial charge on any atom is 0.160 e. The van der Waals surface area contributed by atoms with Crippen molar-refractivity contribution in [2.45, 2.75) is 12.6 Å². The molecule has 1 unspecified atom stereocenters. The highest BCUT2D eigenvalue weighted by Crippen LogP contribution is 2.17. The summed E-state index contributed by atoms with van der Waals surface area (Å²) in [6, 6.07) is 7.01. The number of imidazole rings is 1. The van der Waals surface area contributed by atoms with E-state index in [1.807, 2.05) is 4.57 Å². The first-order chi connectivity index (χ1) is 11.2. The van der Waals surface area contributed by atoms with Gasteiger partial charge >= 0.3 is 0 Å². The van der Waals surface area contributed by atoms with E-state index in [2.05, 4.69) is 15.0 Å². The number of hydrogen-bond donors (Lipinski definition) is 1. The van der Waals surface area contributed by atoms with Crippen molar-refractivity contribution >= 4 is 11.6 Å². The summed E-state index contributed by atoms with van der Waals surface area (Å²) in [6.07, 6.45) is 7.61. The first kappa shape index (κ1) is 15.5. The van der Waals surface area contributed by atoms with Gasteiger partial charge in [-0.25, -0.2) is 9.97 Å². The van der Waals surface area contributed by atoms with Crippen molar-refractivity contribution < 1.29 is 9.84 Å². The maximum absolute atomic E-state index is 10.2. The zero-order valence-electron chi connectivity index (χ0n) is 12.2. The minimum atomic E-state index is -0.685. The van der Waals surface area contributed by atoms with Crippen molar-refractivity contribution in [1.29, 1.82) is 0 Å². The number of aliphatic hydroxyl groups is 1. The molecule has 7 heteroatoms. The predicted octanol–water partition coefficient (Wildman–Crippen LogP) is 2.43. The molecule has 0 fully saturated rings. The van der Waals surface area contributed by atoms with Crippen molar-refractivity contribution in [2.24, 2.45) is 0 Å².